The van der Waals surface area contributed by atoms with Gasteiger partial charge in [0.15, 0.2) is 0 Å². The minimum Gasteiger partial charge on any atom is -0.497 e. The lowest BCUT2D eigenvalue weighted by Gasteiger charge is -2.15. The van der Waals surface area contributed by atoms with Crippen LogP contribution in [0.25, 0.3) is 0 Å². The molecule has 0 unspecified atom stereocenters. The Morgan fingerprint density at radius 3 is 2.78 bits per heavy atom. The summed E-state index contributed by atoms with van der Waals surface area (Å²) >= 11 is 0. The van der Waals surface area contributed by atoms with E-state index in [1.807, 2.05) is 24.3 Å². The van der Waals surface area contributed by atoms with Gasteiger partial charge in [0.25, 0.3) is 0 Å². The second-order valence-corrected chi connectivity index (χ2v) is 4.18. The van der Waals surface area contributed by atoms with Gasteiger partial charge in [0.05, 0.1) is 7.11 Å². The Balaban J connectivity index is 2.94. The number of amides is 2. The lowest BCUT2D eigenvalue weighted by molar-refractivity contribution is 0.230. The summed E-state index contributed by atoms with van der Waals surface area (Å²) in [4.78, 5) is 13.2. The number of hydrogen-bond donors (Lipinski definition) is 1. The van der Waals surface area contributed by atoms with Crippen molar-refractivity contribution >= 4 is 11.7 Å². The number of rotatable bonds is 5. The normalized spacial score (nSPS) is 9.72. The molecule has 1 aromatic carbocycles. The summed E-state index contributed by atoms with van der Waals surface area (Å²) in [6.45, 7) is 3.71. The lowest BCUT2D eigenvalue weighted by Crippen LogP contribution is -2.27. The Morgan fingerprint density at radius 2 is 2.22 bits per heavy atom. The van der Waals surface area contributed by atoms with E-state index in [-0.39, 0.29) is 6.03 Å². The van der Waals surface area contributed by atoms with Crippen molar-refractivity contribution < 1.29 is 9.53 Å². The van der Waals surface area contributed by atoms with Gasteiger partial charge in [-0.25, -0.2) is 4.79 Å². The number of aryl methyl sites for hydroxylation is 1. The number of carbonyl (C=O) groups excluding carboxylic acids is 1. The Hall–Kier alpha value is -1.97. The van der Waals surface area contributed by atoms with Crippen LogP contribution in [0.2, 0.25) is 0 Å². The van der Waals surface area contributed by atoms with Crippen LogP contribution >= 0.6 is 0 Å². The van der Waals surface area contributed by atoms with E-state index in [1.165, 1.54) is 4.90 Å². The lowest BCUT2D eigenvalue weighted by atomic mass is 10.1. The van der Waals surface area contributed by atoms with Crippen LogP contribution in [-0.2, 0) is 6.42 Å². The molecule has 0 saturated heterocycles. The molecular formula is C14H20N2O2. The fourth-order valence-electron chi connectivity index (χ4n) is 1.51. The minimum atomic E-state index is -0.139. The second-order valence-electron chi connectivity index (χ2n) is 4.18. The van der Waals surface area contributed by atoms with Crippen LogP contribution in [0.5, 0.6) is 5.75 Å². The van der Waals surface area contributed by atoms with E-state index in [4.69, 9.17) is 4.74 Å². The van der Waals surface area contributed by atoms with Gasteiger partial charge in [-0.05, 0) is 36.6 Å². The van der Waals surface area contributed by atoms with Crippen molar-refractivity contribution in [3.05, 3.63) is 36.4 Å². The van der Waals surface area contributed by atoms with Crippen molar-refractivity contribution in [3.63, 3.8) is 0 Å². The third-order valence-corrected chi connectivity index (χ3v) is 2.58. The molecule has 0 aliphatic carbocycles. The van der Waals surface area contributed by atoms with Gasteiger partial charge in [0.2, 0.25) is 0 Å². The van der Waals surface area contributed by atoms with Crippen LogP contribution in [0, 0.1) is 0 Å². The molecule has 4 nitrogen and oxygen atoms in total. The number of anilines is 1. The topological polar surface area (TPSA) is 41.6 Å². The molecule has 0 saturated carbocycles. The monoisotopic (exact) mass is 248 g/mol. The Labute approximate surface area is 108 Å². The van der Waals surface area contributed by atoms with Crippen molar-refractivity contribution in [1.82, 2.24) is 4.90 Å². The number of hydrogen-bond acceptors (Lipinski definition) is 2. The van der Waals surface area contributed by atoms with Crippen molar-refractivity contribution in [2.75, 3.05) is 26.5 Å². The molecule has 0 aliphatic heterocycles. The van der Waals surface area contributed by atoms with Crippen molar-refractivity contribution in [3.8, 4) is 5.75 Å². The molecule has 0 fully saturated rings. The zero-order chi connectivity index (χ0) is 13.5. The predicted octanol–water partition coefficient (Wildman–Crippen LogP) is 2.91. The molecule has 18 heavy (non-hydrogen) atoms. The number of nitrogens with one attached hydrogen (secondary N) is 1. The smallest absolute Gasteiger partial charge is 0.321 e. The van der Waals surface area contributed by atoms with Gasteiger partial charge in [0, 0.05) is 19.8 Å². The number of allylic oxidation sites excluding steroid dienone is 1. The molecule has 2 amide bonds. The maximum Gasteiger partial charge on any atom is 0.321 e. The summed E-state index contributed by atoms with van der Waals surface area (Å²) in [5.41, 5.74) is 1.86. The van der Waals surface area contributed by atoms with Crippen molar-refractivity contribution in [2.24, 2.45) is 0 Å². The second kappa shape index (κ2) is 6.69. The number of methoxy groups -OCH3 is 1. The van der Waals surface area contributed by atoms with Gasteiger partial charge in [-0.3, -0.25) is 0 Å². The number of nitrogens with zero attached hydrogens (tertiary/aromatic N) is 1. The van der Waals surface area contributed by atoms with E-state index in [0.29, 0.717) is 0 Å². The van der Waals surface area contributed by atoms with Crippen LogP contribution in [-0.4, -0.2) is 32.1 Å². The average molecular weight is 248 g/mol. The van der Waals surface area contributed by atoms with Gasteiger partial charge >= 0.3 is 6.03 Å². The third kappa shape index (κ3) is 3.80. The third-order valence-electron chi connectivity index (χ3n) is 2.58. The van der Waals surface area contributed by atoms with E-state index >= 15 is 0 Å². The highest BCUT2D eigenvalue weighted by Crippen LogP contribution is 2.23. The molecule has 1 rings (SSSR count). The van der Waals surface area contributed by atoms with Crippen molar-refractivity contribution in [1.29, 1.82) is 0 Å². The van der Waals surface area contributed by atoms with E-state index < -0.39 is 0 Å². The van der Waals surface area contributed by atoms with E-state index in [2.05, 4.69) is 11.9 Å². The van der Waals surface area contributed by atoms with Gasteiger partial charge in [-0.2, -0.15) is 0 Å². The largest absolute Gasteiger partial charge is 0.497 e. The van der Waals surface area contributed by atoms with Gasteiger partial charge in [0.1, 0.15) is 5.75 Å². The van der Waals surface area contributed by atoms with Gasteiger partial charge in [-0.1, -0.05) is 6.08 Å². The molecule has 1 N–H and O–H groups in total. The van der Waals surface area contributed by atoms with E-state index in [9.17, 15) is 4.79 Å². The van der Waals surface area contributed by atoms with Crippen LogP contribution in [0.1, 0.15) is 12.0 Å². The van der Waals surface area contributed by atoms with Crippen LogP contribution < -0.4 is 10.1 Å². The van der Waals surface area contributed by atoms with Gasteiger partial charge in [-0.15, -0.1) is 6.58 Å². The average Bonchev–Trinajstić information content (AvgIpc) is 2.37. The molecule has 0 heterocycles. The summed E-state index contributed by atoms with van der Waals surface area (Å²) in [6.07, 6.45) is 3.54. The summed E-state index contributed by atoms with van der Waals surface area (Å²) in [7, 11) is 5.05. The van der Waals surface area contributed by atoms with Crippen LogP contribution in [0.15, 0.2) is 30.9 Å². The molecule has 0 radical (unpaired) electrons. The molecule has 0 aromatic heterocycles. The molecule has 1 aromatic rings. The number of urea groups is 1. The Kier molecular flexibility index (Phi) is 5.24. The minimum absolute atomic E-state index is 0.139. The molecule has 0 atom stereocenters. The quantitative estimate of drug-likeness (QED) is 0.814. The standard InChI is InChI=1S/C14H20N2O2/c1-5-6-7-11-10-12(18-4)8-9-13(11)15-14(17)16(2)3/h5,8-10H,1,6-7H2,2-4H3,(H,15,17). The number of carbonyl (C=O) groups is 1. The van der Waals surface area contributed by atoms with E-state index in [0.717, 1.165) is 29.8 Å². The molecular weight excluding hydrogens is 228 g/mol. The SMILES string of the molecule is C=CCCc1cc(OC)ccc1NC(=O)N(C)C. The van der Waals surface area contributed by atoms with Crippen molar-refractivity contribution in [2.45, 2.75) is 12.8 Å². The number of ether oxygens (including phenoxy) is 1. The predicted molar refractivity (Wildman–Crippen MR) is 74.2 cm³/mol. The first-order valence-electron chi connectivity index (χ1n) is 5.84. The summed E-state index contributed by atoms with van der Waals surface area (Å²) in [5.74, 6) is 0.789. The number of benzene rings is 1. The molecule has 0 aliphatic rings. The summed E-state index contributed by atoms with van der Waals surface area (Å²) in [5, 5.41) is 2.87. The first kappa shape index (κ1) is 14.1. The fraction of sp³-hybridized carbons (Fsp3) is 0.357. The first-order valence-corrected chi connectivity index (χ1v) is 5.84. The highest BCUT2D eigenvalue weighted by atomic mass is 16.5. The Morgan fingerprint density at radius 1 is 1.50 bits per heavy atom. The zero-order valence-corrected chi connectivity index (χ0v) is 11.2. The van der Waals surface area contributed by atoms with Gasteiger partial charge < -0.3 is 15.0 Å². The summed E-state index contributed by atoms with van der Waals surface area (Å²) in [6, 6.07) is 5.50. The zero-order valence-electron chi connectivity index (χ0n) is 11.2. The molecule has 0 spiro atoms. The molecule has 98 valence electrons. The first-order chi connectivity index (χ1) is 8.58. The highest BCUT2D eigenvalue weighted by Gasteiger charge is 2.09. The summed E-state index contributed by atoms with van der Waals surface area (Å²) < 4.78 is 5.19. The Bertz CT molecular complexity index is 428. The van der Waals surface area contributed by atoms with E-state index in [1.54, 1.807) is 21.2 Å². The molecule has 0 bridgehead atoms. The maximum atomic E-state index is 11.7. The van der Waals surface area contributed by atoms with Crippen LogP contribution in [0.3, 0.4) is 0 Å². The molecule has 4 heteroatoms. The highest BCUT2D eigenvalue weighted by molar-refractivity contribution is 5.89. The van der Waals surface area contributed by atoms with Crippen LogP contribution in [0.4, 0.5) is 10.5 Å². The maximum absolute atomic E-state index is 11.7. The fourth-order valence-corrected chi connectivity index (χ4v) is 1.51.